The van der Waals surface area contributed by atoms with Crippen molar-refractivity contribution in [3.8, 4) is 0 Å². The van der Waals surface area contributed by atoms with Gasteiger partial charge in [-0.15, -0.1) is 0 Å². The van der Waals surface area contributed by atoms with Crippen LogP contribution in [0, 0.1) is 13.8 Å². The van der Waals surface area contributed by atoms with Crippen LogP contribution in [0.3, 0.4) is 0 Å². The summed E-state index contributed by atoms with van der Waals surface area (Å²) in [5.41, 5.74) is 5.77. The Morgan fingerprint density at radius 3 is 2.86 bits per heavy atom. The van der Waals surface area contributed by atoms with Crippen LogP contribution in [0.15, 0.2) is 24.3 Å². The van der Waals surface area contributed by atoms with Crippen LogP contribution in [0.5, 0.6) is 0 Å². The van der Waals surface area contributed by atoms with Gasteiger partial charge in [0.05, 0.1) is 5.69 Å². The second-order valence-electron chi connectivity index (χ2n) is 5.57. The van der Waals surface area contributed by atoms with Gasteiger partial charge in [-0.1, -0.05) is 18.2 Å². The highest BCUT2D eigenvalue weighted by molar-refractivity contribution is 5.75. The van der Waals surface area contributed by atoms with E-state index in [1.807, 2.05) is 19.9 Å². The van der Waals surface area contributed by atoms with Crippen LogP contribution in [0.2, 0.25) is 0 Å². The van der Waals surface area contributed by atoms with Gasteiger partial charge in [-0.05, 0) is 36.6 Å². The number of aryl methyl sites for hydroxylation is 2. The third-order valence-corrected chi connectivity index (χ3v) is 3.79. The molecule has 1 aliphatic heterocycles. The topological polar surface area (TPSA) is 59.0 Å². The van der Waals surface area contributed by atoms with E-state index in [4.69, 9.17) is 0 Å². The minimum absolute atomic E-state index is 0.0141. The number of amides is 1. The lowest BCUT2D eigenvalue weighted by Crippen LogP contribution is -2.28. The second-order valence-corrected chi connectivity index (χ2v) is 5.57. The van der Waals surface area contributed by atoms with E-state index in [0.29, 0.717) is 6.54 Å². The molecule has 2 heterocycles. The smallest absolute Gasteiger partial charge is 0.242 e. The van der Waals surface area contributed by atoms with E-state index in [-0.39, 0.29) is 12.5 Å². The van der Waals surface area contributed by atoms with Crippen molar-refractivity contribution >= 4 is 5.91 Å². The molecule has 0 saturated carbocycles. The van der Waals surface area contributed by atoms with Crippen LogP contribution in [0.25, 0.3) is 0 Å². The first-order valence-electron chi connectivity index (χ1n) is 7.21. The van der Waals surface area contributed by atoms with Gasteiger partial charge < -0.3 is 10.6 Å². The Morgan fingerprint density at radius 1 is 1.29 bits per heavy atom. The van der Waals surface area contributed by atoms with E-state index in [1.165, 1.54) is 11.1 Å². The molecule has 0 radical (unpaired) electrons. The van der Waals surface area contributed by atoms with Crippen molar-refractivity contribution in [1.29, 1.82) is 0 Å². The van der Waals surface area contributed by atoms with Gasteiger partial charge in [0.1, 0.15) is 6.54 Å². The number of hydrogen-bond donors (Lipinski definition) is 2. The van der Waals surface area contributed by atoms with E-state index in [9.17, 15) is 4.79 Å². The molecule has 1 aromatic carbocycles. The summed E-state index contributed by atoms with van der Waals surface area (Å²) in [7, 11) is 0. The largest absolute Gasteiger partial charge is 0.350 e. The van der Waals surface area contributed by atoms with Crippen LogP contribution in [-0.2, 0) is 31.0 Å². The van der Waals surface area contributed by atoms with Gasteiger partial charge in [0.15, 0.2) is 0 Å². The molecule has 1 amide bonds. The van der Waals surface area contributed by atoms with Gasteiger partial charge in [-0.3, -0.25) is 9.48 Å². The van der Waals surface area contributed by atoms with Gasteiger partial charge in [0.25, 0.3) is 0 Å². The predicted octanol–water partition coefficient (Wildman–Crippen LogP) is 1.42. The fourth-order valence-corrected chi connectivity index (χ4v) is 2.69. The highest BCUT2D eigenvalue weighted by Crippen LogP contribution is 2.16. The van der Waals surface area contributed by atoms with Crippen molar-refractivity contribution in [1.82, 2.24) is 20.4 Å². The molecular formula is C16H20N4O. The zero-order chi connectivity index (χ0) is 14.8. The van der Waals surface area contributed by atoms with Crippen LogP contribution < -0.4 is 10.6 Å². The number of benzene rings is 1. The maximum absolute atomic E-state index is 12.0. The maximum Gasteiger partial charge on any atom is 0.242 e. The van der Waals surface area contributed by atoms with Gasteiger partial charge in [0.2, 0.25) is 5.91 Å². The average Bonchev–Trinajstić information content (AvgIpc) is 3.02. The molecule has 2 N–H and O–H groups in total. The monoisotopic (exact) mass is 284 g/mol. The van der Waals surface area contributed by atoms with Gasteiger partial charge in [-0.25, -0.2) is 0 Å². The normalized spacial score (nSPS) is 13.2. The Labute approximate surface area is 124 Å². The molecular weight excluding hydrogens is 264 g/mol. The predicted molar refractivity (Wildman–Crippen MR) is 80.5 cm³/mol. The SMILES string of the molecule is Cc1cc(C)n(CC(=O)NCc2ccc3c(c2)CNC3)n1. The molecule has 3 rings (SSSR count). The lowest BCUT2D eigenvalue weighted by molar-refractivity contribution is -0.122. The quantitative estimate of drug-likeness (QED) is 0.892. The Morgan fingerprint density at radius 2 is 2.10 bits per heavy atom. The number of carbonyl (C=O) groups is 1. The average molecular weight is 284 g/mol. The number of aromatic nitrogens is 2. The molecule has 1 aromatic heterocycles. The summed E-state index contributed by atoms with van der Waals surface area (Å²) in [6.07, 6.45) is 0. The summed E-state index contributed by atoms with van der Waals surface area (Å²) in [5.74, 6) is -0.0141. The summed E-state index contributed by atoms with van der Waals surface area (Å²) in [5, 5.41) is 10.6. The first-order valence-corrected chi connectivity index (χ1v) is 7.21. The lowest BCUT2D eigenvalue weighted by Gasteiger charge is -2.08. The van der Waals surface area contributed by atoms with Crippen molar-refractivity contribution in [3.05, 3.63) is 52.3 Å². The highest BCUT2D eigenvalue weighted by atomic mass is 16.2. The van der Waals surface area contributed by atoms with E-state index >= 15 is 0 Å². The summed E-state index contributed by atoms with van der Waals surface area (Å²) < 4.78 is 1.73. The Bertz CT molecular complexity index is 675. The molecule has 5 heteroatoms. The molecule has 0 spiro atoms. The summed E-state index contributed by atoms with van der Waals surface area (Å²) in [6.45, 7) is 6.58. The Balaban J connectivity index is 1.57. The third-order valence-electron chi connectivity index (χ3n) is 3.79. The number of hydrogen-bond acceptors (Lipinski definition) is 3. The molecule has 0 aliphatic carbocycles. The van der Waals surface area contributed by atoms with E-state index in [0.717, 1.165) is 30.0 Å². The van der Waals surface area contributed by atoms with Crippen molar-refractivity contribution in [3.63, 3.8) is 0 Å². The molecule has 0 fully saturated rings. The Hall–Kier alpha value is -2.14. The molecule has 0 atom stereocenters. The molecule has 2 aromatic rings. The number of fused-ring (bicyclic) bond motifs is 1. The minimum atomic E-state index is -0.0141. The maximum atomic E-state index is 12.0. The fourth-order valence-electron chi connectivity index (χ4n) is 2.69. The van der Waals surface area contributed by atoms with Crippen LogP contribution in [0.1, 0.15) is 28.1 Å². The number of nitrogens with zero attached hydrogens (tertiary/aromatic N) is 2. The summed E-state index contributed by atoms with van der Waals surface area (Å²) in [6, 6.07) is 8.35. The standard InChI is InChI=1S/C16H20N4O/c1-11-5-12(2)20(19-11)10-16(21)18-7-13-3-4-14-8-17-9-15(14)6-13/h3-6,17H,7-10H2,1-2H3,(H,18,21). The number of carbonyl (C=O) groups excluding carboxylic acids is 1. The van der Waals surface area contributed by atoms with E-state index in [1.54, 1.807) is 4.68 Å². The molecule has 110 valence electrons. The van der Waals surface area contributed by atoms with E-state index < -0.39 is 0 Å². The molecule has 0 saturated heterocycles. The fraction of sp³-hybridized carbons (Fsp3) is 0.375. The van der Waals surface area contributed by atoms with Crippen LogP contribution in [0.4, 0.5) is 0 Å². The first kappa shape index (κ1) is 13.8. The zero-order valence-electron chi connectivity index (χ0n) is 12.4. The lowest BCUT2D eigenvalue weighted by atomic mass is 10.1. The van der Waals surface area contributed by atoms with Crippen molar-refractivity contribution in [2.75, 3.05) is 0 Å². The molecule has 1 aliphatic rings. The third kappa shape index (κ3) is 3.13. The van der Waals surface area contributed by atoms with Crippen molar-refractivity contribution in [2.45, 2.75) is 40.0 Å². The molecule has 21 heavy (non-hydrogen) atoms. The number of rotatable bonds is 4. The van der Waals surface area contributed by atoms with E-state index in [2.05, 4.69) is 33.9 Å². The van der Waals surface area contributed by atoms with Crippen LogP contribution in [-0.4, -0.2) is 15.7 Å². The summed E-state index contributed by atoms with van der Waals surface area (Å²) in [4.78, 5) is 12.0. The van der Waals surface area contributed by atoms with Crippen LogP contribution >= 0.6 is 0 Å². The zero-order valence-corrected chi connectivity index (χ0v) is 12.4. The van der Waals surface area contributed by atoms with Gasteiger partial charge in [0, 0.05) is 25.3 Å². The van der Waals surface area contributed by atoms with Crippen molar-refractivity contribution in [2.24, 2.45) is 0 Å². The highest BCUT2D eigenvalue weighted by Gasteiger charge is 2.11. The summed E-state index contributed by atoms with van der Waals surface area (Å²) >= 11 is 0. The second kappa shape index (κ2) is 5.69. The minimum Gasteiger partial charge on any atom is -0.350 e. The molecule has 0 bridgehead atoms. The van der Waals surface area contributed by atoms with Gasteiger partial charge >= 0.3 is 0 Å². The molecule has 0 unspecified atom stereocenters. The van der Waals surface area contributed by atoms with Gasteiger partial charge in [-0.2, -0.15) is 5.10 Å². The molecule has 5 nitrogen and oxygen atoms in total. The van der Waals surface area contributed by atoms with Crippen molar-refractivity contribution < 1.29 is 4.79 Å². The number of nitrogens with one attached hydrogen (secondary N) is 2. The Kier molecular flexibility index (Phi) is 3.75. The first-order chi connectivity index (χ1) is 10.1.